The molecular weight excluding hydrogens is 976 g/mol. The molecule has 0 saturated heterocycles. The van der Waals surface area contributed by atoms with Gasteiger partial charge in [-0.1, -0.05) is 163 Å². The zero-order valence-electron chi connectivity index (χ0n) is 38.1. The molecule has 2 aromatic heterocycles. The van der Waals surface area contributed by atoms with Gasteiger partial charge in [0.25, 0.3) is 0 Å². The molecule has 11 rings (SSSR count). The summed E-state index contributed by atoms with van der Waals surface area (Å²) in [5, 5.41) is 2.48. The number of nitrogens with zero attached hydrogens (tertiary/aromatic N) is 4. The monoisotopic (exact) mass is 1030 g/mol. The number of benzene rings is 7. The summed E-state index contributed by atoms with van der Waals surface area (Å²) in [5.74, 6) is 2.13. The first-order valence-electron chi connectivity index (χ1n) is 22.3. The maximum atomic E-state index is 6.91. The molecule has 9 aromatic rings. The predicted molar refractivity (Wildman–Crippen MR) is 265 cm³/mol. The first-order valence-corrected chi connectivity index (χ1v) is 22.3. The molecule has 1 aliphatic heterocycles. The summed E-state index contributed by atoms with van der Waals surface area (Å²) >= 11 is 0. The number of rotatable bonds is 7. The van der Waals surface area contributed by atoms with Gasteiger partial charge in [0, 0.05) is 72.5 Å². The molecule has 0 bridgehead atoms. The van der Waals surface area contributed by atoms with Crippen LogP contribution in [0.3, 0.4) is 0 Å². The quantitative estimate of drug-likeness (QED) is 0.149. The number of hydrogen-bond acceptors (Lipinski definition) is 4. The molecule has 0 amide bonds. The van der Waals surface area contributed by atoms with Gasteiger partial charge in [-0.25, -0.2) is 4.98 Å². The van der Waals surface area contributed by atoms with Crippen LogP contribution in [0.5, 0.6) is 11.5 Å². The topological polar surface area (TPSA) is 33.5 Å². The Morgan fingerprint density at radius 1 is 0.569 bits per heavy atom. The van der Waals surface area contributed by atoms with E-state index in [-0.39, 0.29) is 37.3 Å². The van der Waals surface area contributed by atoms with Crippen molar-refractivity contribution >= 4 is 44.6 Å². The van der Waals surface area contributed by atoms with Crippen LogP contribution >= 0.6 is 0 Å². The molecule has 1 aliphatic carbocycles. The molecular formula is C59H51N4OPt-3. The normalized spacial score (nSPS) is 14.0. The average molecular weight is 1030 g/mol. The molecule has 0 unspecified atom stereocenters. The van der Waals surface area contributed by atoms with Crippen molar-refractivity contribution in [3.8, 4) is 39.6 Å². The van der Waals surface area contributed by atoms with E-state index in [0.29, 0.717) is 11.5 Å². The zero-order chi connectivity index (χ0) is 44.1. The van der Waals surface area contributed by atoms with E-state index in [1.54, 1.807) is 0 Å². The van der Waals surface area contributed by atoms with Gasteiger partial charge in [0.2, 0.25) is 0 Å². The molecule has 0 N–H and O–H groups in total. The third kappa shape index (κ3) is 7.07. The van der Waals surface area contributed by atoms with Crippen LogP contribution in [0.4, 0.5) is 22.7 Å². The Labute approximate surface area is 397 Å². The smallest absolute Gasteiger partial charge is 0.135 e. The maximum Gasteiger partial charge on any atom is 0.135 e. The van der Waals surface area contributed by atoms with Gasteiger partial charge in [0.05, 0.1) is 0 Å². The molecule has 0 saturated carbocycles. The van der Waals surface area contributed by atoms with Crippen molar-refractivity contribution in [3.05, 3.63) is 199 Å². The molecule has 5 nitrogen and oxygen atoms in total. The van der Waals surface area contributed by atoms with E-state index in [4.69, 9.17) is 9.72 Å². The van der Waals surface area contributed by atoms with E-state index in [9.17, 15) is 0 Å². The fourth-order valence-electron chi connectivity index (χ4n) is 9.79. The van der Waals surface area contributed by atoms with Gasteiger partial charge in [-0.15, -0.1) is 48.3 Å². The number of ether oxygens (including phenoxy) is 1. The second-order valence-electron chi connectivity index (χ2n) is 19.8. The predicted octanol–water partition coefficient (Wildman–Crippen LogP) is 15.5. The molecule has 0 radical (unpaired) electrons. The minimum Gasteiger partial charge on any atom is -0.509 e. The van der Waals surface area contributed by atoms with Crippen molar-refractivity contribution < 1.29 is 25.8 Å². The molecule has 3 heterocycles. The second-order valence-corrected chi connectivity index (χ2v) is 19.8. The number of anilines is 4. The van der Waals surface area contributed by atoms with Crippen molar-refractivity contribution in [3.63, 3.8) is 0 Å². The number of fused-ring (bicyclic) bond motifs is 1. The number of aromatic nitrogens is 2. The van der Waals surface area contributed by atoms with Gasteiger partial charge in [-0.3, -0.25) is 0 Å². The number of pyridine rings is 1. The van der Waals surface area contributed by atoms with Gasteiger partial charge < -0.3 is 19.1 Å². The SMILES string of the molecule is CC(C)(C)c1ccnc(-n2c3[c-]c(Oc4[c-]c(N5[CH-]N(c6c(-c7ccccc7)cccc6-c6ccccc6)c6ccc(C(C)(C)C)cc65)ccc4)cc4c3c3c(cccc32)C4(C)C)c1.[Pt]. The molecule has 0 atom stereocenters. The third-order valence-corrected chi connectivity index (χ3v) is 13.2. The first-order chi connectivity index (χ1) is 30.8. The van der Waals surface area contributed by atoms with E-state index in [2.05, 4.69) is 234 Å². The van der Waals surface area contributed by atoms with Crippen molar-refractivity contribution in [2.75, 3.05) is 9.80 Å². The van der Waals surface area contributed by atoms with Crippen LogP contribution in [0.15, 0.2) is 158 Å². The van der Waals surface area contributed by atoms with E-state index in [1.807, 2.05) is 12.3 Å². The molecule has 65 heavy (non-hydrogen) atoms. The van der Waals surface area contributed by atoms with E-state index < -0.39 is 0 Å². The Morgan fingerprint density at radius 2 is 1.22 bits per heavy atom. The Balaban J connectivity index is 0.00000498. The van der Waals surface area contributed by atoms with E-state index in [1.165, 1.54) is 33.0 Å². The summed E-state index contributed by atoms with van der Waals surface area (Å²) in [7, 11) is 0. The van der Waals surface area contributed by atoms with Gasteiger partial charge >= 0.3 is 0 Å². The van der Waals surface area contributed by atoms with Crippen molar-refractivity contribution in [2.45, 2.75) is 71.6 Å². The molecule has 7 aromatic carbocycles. The summed E-state index contributed by atoms with van der Waals surface area (Å²) in [5.41, 5.74) is 15.6. The third-order valence-electron chi connectivity index (χ3n) is 13.2. The van der Waals surface area contributed by atoms with Crippen LogP contribution in [0.1, 0.15) is 77.6 Å². The largest absolute Gasteiger partial charge is 0.509 e. The fraction of sp³-hybridized carbons (Fsp3) is 0.186. The minimum atomic E-state index is -0.224. The summed E-state index contributed by atoms with van der Waals surface area (Å²) in [4.78, 5) is 9.56. The molecule has 2 aliphatic rings. The minimum absolute atomic E-state index is 0. The van der Waals surface area contributed by atoms with Crippen molar-refractivity contribution in [2.24, 2.45) is 0 Å². The van der Waals surface area contributed by atoms with Gasteiger partial charge in [0.15, 0.2) is 0 Å². The average Bonchev–Trinajstić information content (AvgIpc) is 3.91. The van der Waals surface area contributed by atoms with Crippen LogP contribution in [0, 0.1) is 18.8 Å². The van der Waals surface area contributed by atoms with Gasteiger partial charge in [-0.05, 0) is 79.8 Å². The van der Waals surface area contributed by atoms with Gasteiger partial charge in [0.1, 0.15) is 5.82 Å². The fourth-order valence-corrected chi connectivity index (χ4v) is 9.79. The van der Waals surface area contributed by atoms with Crippen molar-refractivity contribution in [1.82, 2.24) is 9.55 Å². The Bertz CT molecular complexity index is 3230. The summed E-state index contributed by atoms with van der Waals surface area (Å²) < 4.78 is 9.17. The summed E-state index contributed by atoms with van der Waals surface area (Å²) in [6.45, 7) is 20.4. The first kappa shape index (κ1) is 42.5. The van der Waals surface area contributed by atoms with E-state index in [0.717, 1.165) is 61.9 Å². The van der Waals surface area contributed by atoms with Crippen LogP contribution in [0.2, 0.25) is 0 Å². The zero-order valence-corrected chi connectivity index (χ0v) is 40.4. The molecule has 0 spiro atoms. The van der Waals surface area contributed by atoms with Gasteiger partial charge in [-0.2, -0.15) is 6.07 Å². The standard InChI is InChI=1S/C59H51N4O.Pt/c1-57(2,3)40-28-29-49-51(32-40)61(37-62(49)56-45(38-18-11-9-12-19-38)24-16-25-46(56)39-20-13-10-14-21-39)42-22-15-23-43(34-42)64-44-35-48-55-52(36-44)63(53-33-41(30-31-60-53)58(4,5)6)50-27-17-26-47(54(50)55)59(48,7)8;/h9-33,35,37H,1-8H3;/q-3;. The van der Waals surface area contributed by atoms with Crippen LogP contribution in [0.25, 0.3) is 49.9 Å². The molecule has 0 fully saturated rings. The summed E-state index contributed by atoms with van der Waals surface area (Å²) in [6, 6.07) is 61.7. The number of hydrogen-bond donors (Lipinski definition) is 0. The van der Waals surface area contributed by atoms with Crippen molar-refractivity contribution in [1.29, 1.82) is 0 Å². The number of para-hydroxylation sites is 1. The van der Waals surface area contributed by atoms with Crippen LogP contribution < -0.4 is 14.5 Å². The van der Waals surface area contributed by atoms with Crippen LogP contribution in [-0.2, 0) is 37.3 Å². The van der Waals surface area contributed by atoms with Crippen LogP contribution in [-0.4, -0.2) is 9.55 Å². The molecule has 6 heteroatoms. The van der Waals surface area contributed by atoms with E-state index >= 15 is 0 Å². The Hall–Kier alpha value is -6.42. The summed E-state index contributed by atoms with van der Waals surface area (Å²) in [6.07, 6.45) is 1.93. The maximum absolute atomic E-state index is 6.91. The Kier molecular flexibility index (Phi) is 10.2. The molecule has 326 valence electrons. The Morgan fingerprint density at radius 3 is 1.89 bits per heavy atom. The second kappa shape index (κ2) is 15.6.